The molecule has 2 heterocycles. The van der Waals surface area contributed by atoms with Crippen molar-refractivity contribution in [1.29, 1.82) is 0 Å². The van der Waals surface area contributed by atoms with Crippen LogP contribution in [0.25, 0.3) is 22.7 Å². The van der Waals surface area contributed by atoms with Crippen LogP contribution >= 0.6 is 11.3 Å². The van der Waals surface area contributed by atoms with Gasteiger partial charge in [0.25, 0.3) is 0 Å². The minimum atomic E-state index is -0.174. The van der Waals surface area contributed by atoms with E-state index in [0.717, 1.165) is 16.8 Å². The summed E-state index contributed by atoms with van der Waals surface area (Å²) in [6, 6.07) is 19.4. The quantitative estimate of drug-likeness (QED) is 0.562. The highest BCUT2D eigenvalue weighted by Gasteiger charge is 2.12. The Morgan fingerprint density at radius 3 is 2.38 bits per heavy atom. The van der Waals surface area contributed by atoms with E-state index in [2.05, 4.69) is 15.3 Å². The maximum Gasteiger partial charge on any atom is 0.232 e. The van der Waals surface area contributed by atoms with Crippen molar-refractivity contribution in [3.8, 4) is 22.7 Å². The molecule has 6 heteroatoms. The SMILES string of the molecule is O=C(Cc1coc(-c2ccccc2)n1)Nc1nc(-c2ccccc2)cs1. The average Bonchev–Trinajstić information content (AvgIpc) is 3.33. The number of anilines is 1. The third-order valence-electron chi connectivity index (χ3n) is 3.73. The molecule has 0 aliphatic rings. The molecule has 0 bridgehead atoms. The van der Waals surface area contributed by atoms with Crippen LogP contribution in [-0.4, -0.2) is 15.9 Å². The van der Waals surface area contributed by atoms with Crippen molar-refractivity contribution in [2.45, 2.75) is 6.42 Å². The molecule has 4 aromatic rings. The van der Waals surface area contributed by atoms with Gasteiger partial charge >= 0.3 is 0 Å². The van der Waals surface area contributed by atoms with Crippen LogP contribution in [0.5, 0.6) is 0 Å². The van der Waals surface area contributed by atoms with E-state index in [9.17, 15) is 4.79 Å². The van der Waals surface area contributed by atoms with E-state index in [0.29, 0.717) is 16.7 Å². The Balaban J connectivity index is 1.40. The van der Waals surface area contributed by atoms with Gasteiger partial charge in [0.05, 0.1) is 17.8 Å². The van der Waals surface area contributed by atoms with Crippen molar-refractivity contribution in [1.82, 2.24) is 9.97 Å². The van der Waals surface area contributed by atoms with Crippen molar-refractivity contribution in [3.05, 3.63) is 78.0 Å². The van der Waals surface area contributed by atoms with Crippen LogP contribution in [-0.2, 0) is 11.2 Å². The maximum atomic E-state index is 12.2. The molecule has 0 saturated heterocycles. The van der Waals surface area contributed by atoms with Crippen molar-refractivity contribution < 1.29 is 9.21 Å². The standard InChI is InChI=1S/C20H15N3O2S/c24-18(11-16-12-25-19(21-16)15-9-5-2-6-10-15)23-20-22-17(13-26-20)14-7-3-1-4-8-14/h1-10,12-13H,11H2,(H,22,23,24). The molecule has 1 amide bonds. The molecule has 0 spiro atoms. The van der Waals surface area contributed by atoms with Crippen molar-refractivity contribution in [2.75, 3.05) is 5.32 Å². The summed E-state index contributed by atoms with van der Waals surface area (Å²) >= 11 is 1.40. The number of amides is 1. The summed E-state index contributed by atoms with van der Waals surface area (Å²) in [5.41, 5.74) is 3.33. The average molecular weight is 361 g/mol. The number of thiazole rings is 1. The Kier molecular flexibility index (Phi) is 4.57. The minimum absolute atomic E-state index is 0.135. The number of carbonyl (C=O) groups is 1. The van der Waals surface area contributed by atoms with Crippen molar-refractivity contribution in [2.24, 2.45) is 0 Å². The van der Waals surface area contributed by atoms with Gasteiger partial charge in [-0.3, -0.25) is 4.79 Å². The van der Waals surface area contributed by atoms with Gasteiger partial charge in [0.2, 0.25) is 11.8 Å². The van der Waals surface area contributed by atoms with Crippen LogP contribution in [0.4, 0.5) is 5.13 Å². The number of nitrogens with one attached hydrogen (secondary N) is 1. The summed E-state index contributed by atoms with van der Waals surface area (Å²) in [6.45, 7) is 0. The third kappa shape index (κ3) is 3.70. The summed E-state index contributed by atoms with van der Waals surface area (Å²) < 4.78 is 5.46. The zero-order chi connectivity index (χ0) is 17.8. The lowest BCUT2D eigenvalue weighted by atomic mass is 10.2. The van der Waals surface area contributed by atoms with Gasteiger partial charge < -0.3 is 9.73 Å². The normalized spacial score (nSPS) is 10.6. The predicted molar refractivity (Wildman–Crippen MR) is 102 cm³/mol. The van der Waals surface area contributed by atoms with Gasteiger partial charge in [-0.05, 0) is 12.1 Å². The molecule has 26 heavy (non-hydrogen) atoms. The molecule has 128 valence electrons. The second-order valence-corrected chi connectivity index (χ2v) is 6.50. The van der Waals surface area contributed by atoms with Crippen molar-refractivity contribution >= 4 is 22.4 Å². The Labute approximate surface area is 154 Å². The lowest BCUT2D eigenvalue weighted by molar-refractivity contribution is -0.115. The molecule has 0 radical (unpaired) electrons. The Bertz CT molecular complexity index is 928. The van der Waals surface area contributed by atoms with Gasteiger partial charge in [-0.25, -0.2) is 9.97 Å². The van der Waals surface area contributed by atoms with E-state index in [1.54, 1.807) is 0 Å². The second-order valence-electron chi connectivity index (χ2n) is 5.64. The molecule has 1 N–H and O–H groups in total. The number of aromatic nitrogens is 2. The van der Waals surface area contributed by atoms with Crippen LogP contribution in [0.1, 0.15) is 5.69 Å². The van der Waals surface area contributed by atoms with Gasteiger partial charge in [0.15, 0.2) is 5.13 Å². The molecule has 0 fully saturated rings. The van der Waals surface area contributed by atoms with Crippen LogP contribution in [0.15, 0.2) is 76.7 Å². The fourth-order valence-electron chi connectivity index (χ4n) is 2.50. The summed E-state index contributed by atoms with van der Waals surface area (Å²) in [5.74, 6) is 0.334. The minimum Gasteiger partial charge on any atom is -0.444 e. The van der Waals surface area contributed by atoms with E-state index in [-0.39, 0.29) is 12.3 Å². The fraction of sp³-hybridized carbons (Fsp3) is 0.0500. The number of oxazole rings is 1. The van der Waals surface area contributed by atoms with Crippen LogP contribution < -0.4 is 5.32 Å². The van der Waals surface area contributed by atoms with E-state index in [1.807, 2.05) is 66.0 Å². The highest BCUT2D eigenvalue weighted by atomic mass is 32.1. The lowest BCUT2D eigenvalue weighted by Gasteiger charge is -1.99. The Morgan fingerprint density at radius 1 is 0.962 bits per heavy atom. The molecule has 0 aliphatic heterocycles. The van der Waals surface area contributed by atoms with Gasteiger partial charge in [0, 0.05) is 16.5 Å². The van der Waals surface area contributed by atoms with E-state index >= 15 is 0 Å². The number of hydrogen-bond donors (Lipinski definition) is 1. The van der Waals surface area contributed by atoms with E-state index in [1.165, 1.54) is 17.6 Å². The summed E-state index contributed by atoms with van der Waals surface area (Å²) in [4.78, 5) is 21.1. The van der Waals surface area contributed by atoms with Crippen molar-refractivity contribution in [3.63, 3.8) is 0 Å². The van der Waals surface area contributed by atoms with Crippen LogP contribution in [0, 0.1) is 0 Å². The first-order chi connectivity index (χ1) is 12.8. The molecule has 2 aromatic carbocycles. The molecular formula is C20H15N3O2S. The number of carbonyl (C=O) groups excluding carboxylic acids is 1. The smallest absolute Gasteiger partial charge is 0.232 e. The largest absolute Gasteiger partial charge is 0.444 e. The zero-order valence-electron chi connectivity index (χ0n) is 13.8. The Morgan fingerprint density at radius 2 is 1.65 bits per heavy atom. The predicted octanol–water partition coefficient (Wildman–Crippen LogP) is 4.65. The first kappa shape index (κ1) is 16.2. The first-order valence-electron chi connectivity index (χ1n) is 8.08. The summed E-state index contributed by atoms with van der Waals surface area (Å²) in [7, 11) is 0. The molecule has 0 atom stereocenters. The maximum absolute atomic E-state index is 12.2. The topological polar surface area (TPSA) is 68.0 Å². The molecule has 2 aromatic heterocycles. The first-order valence-corrected chi connectivity index (χ1v) is 8.96. The molecule has 0 saturated carbocycles. The third-order valence-corrected chi connectivity index (χ3v) is 4.49. The number of rotatable bonds is 5. The highest BCUT2D eigenvalue weighted by Crippen LogP contribution is 2.25. The number of nitrogens with zero attached hydrogens (tertiary/aromatic N) is 2. The van der Waals surface area contributed by atoms with E-state index in [4.69, 9.17) is 4.42 Å². The van der Waals surface area contributed by atoms with E-state index < -0.39 is 0 Å². The van der Waals surface area contributed by atoms with Crippen LogP contribution in [0.2, 0.25) is 0 Å². The molecule has 5 nitrogen and oxygen atoms in total. The molecule has 0 unspecified atom stereocenters. The zero-order valence-corrected chi connectivity index (χ0v) is 14.6. The number of benzene rings is 2. The highest BCUT2D eigenvalue weighted by molar-refractivity contribution is 7.14. The second kappa shape index (κ2) is 7.33. The fourth-order valence-corrected chi connectivity index (χ4v) is 3.24. The Hall–Kier alpha value is -3.25. The van der Waals surface area contributed by atoms with Gasteiger partial charge in [0.1, 0.15) is 6.26 Å². The van der Waals surface area contributed by atoms with Crippen LogP contribution in [0.3, 0.4) is 0 Å². The number of hydrogen-bond acceptors (Lipinski definition) is 5. The summed E-state index contributed by atoms with van der Waals surface area (Å²) in [6.07, 6.45) is 1.65. The molecular weight excluding hydrogens is 346 g/mol. The molecule has 4 rings (SSSR count). The molecule has 0 aliphatic carbocycles. The van der Waals surface area contributed by atoms with Gasteiger partial charge in [-0.15, -0.1) is 11.3 Å². The van der Waals surface area contributed by atoms with Gasteiger partial charge in [-0.2, -0.15) is 0 Å². The monoisotopic (exact) mass is 361 g/mol. The lowest BCUT2D eigenvalue weighted by Crippen LogP contribution is -2.14. The van der Waals surface area contributed by atoms with Gasteiger partial charge in [-0.1, -0.05) is 48.5 Å². The summed E-state index contributed by atoms with van der Waals surface area (Å²) in [5, 5.41) is 5.31.